The van der Waals surface area contributed by atoms with Gasteiger partial charge in [0.2, 0.25) is 5.91 Å². The highest BCUT2D eigenvalue weighted by Gasteiger charge is 2.15. The van der Waals surface area contributed by atoms with Gasteiger partial charge in [-0.3, -0.25) is 4.79 Å². The van der Waals surface area contributed by atoms with Gasteiger partial charge in [-0.05, 0) is 45.2 Å². The van der Waals surface area contributed by atoms with Crippen LogP contribution in [-0.4, -0.2) is 43.0 Å². The predicted molar refractivity (Wildman–Crippen MR) is 70.7 cm³/mol. The van der Waals surface area contributed by atoms with E-state index in [9.17, 15) is 4.79 Å². The first kappa shape index (κ1) is 14.5. The zero-order valence-corrected chi connectivity index (χ0v) is 11.2. The number of carbonyl (C=O) groups is 1. The summed E-state index contributed by atoms with van der Waals surface area (Å²) in [6.45, 7) is 8.47. The van der Waals surface area contributed by atoms with Crippen molar-refractivity contribution in [2.24, 2.45) is 11.7 Å². The monoisotopic (exact) mass is 241 g/mol. The number of amides is 1. The molecule has 2 atom stereocenters. The molecule has 0 spiro atoms. The number of carbonyl (C=O) groups excluding carboxylic acids is 1. The Labute approximate surface area is 105 Å². The lowest BCUT2D eigenvalue weighted by Crippen LogP contribution is -2.34. The van der Waals surface area contributed by atoms with E-state index in [4.69, 9.17) is 5.73 Å². The van der Waals surface area contributed by atoms with Gasteiger partial charge in [0.15, 0.2) is 0 Å². The molecule has 0 aromatic heterocycles. The van der Waals surface area contributed by atoms with Gasteiger partial charge in [-0.15, -0.1) is 0 Å². The molecule has 1 heterocycles. The number of likely N-dealkylation sites (tertiary alicyclic amines) is 1. The summed E-state index contributed by atoms with van der Waals surface area (Å²) in [5.74, 6) is 0.669. The third-order valence-electron chi connectivity index (χ3n) is 3.24. The fourth-order valence-electron chi connectivity index (χ4n) is 2.21. The molecule has 2 unspecified atom stereocenters. The lowest BCUT2D eigenvalue weighted by molar-refractivity contribution is -0.121. The Morgan fingerprint density at radius 1 is 1.35 bits per heavy atom. The molecule has 1 amide bonds. The van der Waals surface area contributed by atoms with E-state index < -0.39 is 0 Å². The summed E-state index contributed by atoms with van der Waals surface area (Å²) in [5.41, 5.74) is 5.62. The highest BCUT2D eigenvalue weighted by molar-refractivity contribution is 5.75. The molecule has 3 N–H and O–H groups in total. The molecule has 1 rings (SSSR count). The molecule has 0 aliphatic carbocycles. The second-order valence-electron chi connectivity index (χ2n) is 5.43. The lowest BCUT2D eigenvalue weighted by atomic mass is 10.1. The average Bonchev–Trinajstić information content (AvgIpc) is 2.76. The van der Waals surface area contributed by atoms with Crippen LogP contribution in [0.25, 0.3) is 0 Å². The summed E-state index contributed by atoms with van der Waals surface area (Å²) >= 11 is 0. The van der Waals surface area contributed by atoms with Crippen LogP contribution in [-0.2, 0) is 4.79 Å². The molecule has 0 aromatic carbocycles. The van der Waals surface area contributed by atoms with Crippen molar-refractivity contribution in [2.45, 2.75) is 45.6 Å². The average molecular weight is 241 g/mol. The largest absolute Gasteiger partial charge is 0.356 e. The van der Waals surface area contributed by atoms with E-state index in [-0.39, 0.29) is 11.9 Å². The minimum absolute atomic E-state index is 0.114. The van der Waals surface area contributed by atoms with Crippen LogP contribution in [0.1, 0.15) is 39.5 Å². The van der Waals surface area contributed by atoms with Crippen LogP contribution < -0.4 is 11.1 Å². The molecule has 1 saturated heterocycles. The normalized spacial score (nSPS) is 20.2. The minimum atomic E-state index is 0.114. The molecular weight excluding hydrogens is 214 g/mol. The van der Waals surface area contributed by atoms with Crippen LogP contribution in [0.2, 0.25) is 0 Å². The summed E-state index contributed by atoms with van der Waals surface area (Å²) < 4.78 is 0. The second-order valence-corrected chi connectivity index (χ2v) is 5.43. The van der Waals surface area contributed by atoms with Crippen molar-refractivity contribution in [2.75, 3.05) is 26.2 Å². The van der Waals surface area contributed by atoms with Crippen LogP contribution in [0, 0.1) is 5.92 Å². The number of rotatable bonds is 7. The van der Waals surface area contributed by atoms with E-state index >= 15 is 0 Å². The summed E-state index contributed by atoms with van der Waals surface area (Å²) in [4.78, 5) is 14.0. The maximum absolute atomic E-state index is 11.5. The van der Waals surface area contributed by atoms with Crippen LogP contribution in [0.5, 0.6) is 0 Å². The van der Waals surface area contributed by atoms with E-state index in [0.29, 0.717) is 12.3 Å². The Morgan fingerprint density at radius 3 is 2.59 bits per heavy atom. The van der Waals surface area contributed by atoms with Crippen molar-refractivity contribution < 1.29 is 4.79 Å². The van der Waals surface area contributed by atoms with Crippen LogP contribution in [0.3, 0.4) is 0 Å². The molecule has 0 aromatic rings. The molecule has 0 saturated carbocycles. The summed E-state index contributed by atoms with van der Waals surface area (Å²) in [6, 6.07) is 0.114. The van der Waals surface area contributed by atoms with Gasteiger partial charge in [-0.1, -0.05) is 6.92 Å². The maximum atomic E-state index is 11.5. The zero-order valence-electron chi connectivity index (χ0n) is 11.2. The fourth-order valence-corrected chi connectivity index (χ4v) is 2.21. The Balaban J connectivity index is 2.05. The van der Waals surface area contributed by atoms with E-state index in [1.807, 2.05) is 6.92 Å². The molecule has 100 valence electrons. The predicted octanol–water partition coefficient (Wildman–Crippen LogP) is 0.962. The summed E-state index contributed by atoms with van der Waals surface area (Å²) in [5, 5.41) is 2.99. The van der Waals surface area contributed by atoms with E-state index in [0.717, 1.165) is 19.5 Å². The number of nitrogens with one attached hydrogen (secondary N) is 1. The van der Waals surface area contributed by atoms with Gasteiger partial charge >= 0.3 is 0 Å². The van der Waals surface area contributed by atoms with Crippen molar-refractivity contribution in [3.05, 3.63) is 0 Å². The molecule has 0 bridgehead atoms. The highest BCUT2D eigenvalue weighted by Crippen LogP contribution is 2.09. The quantitative estimate of drug-likeness (QED) is 0.698. The van der Waals surface area contributed by atoms with Gasteiger partial charge < -0.3 is 16.0 Å². The molecule has 1 fully saturated rings. The van der Waals surface area contributed by atoms with Crippen LogP contribution >= 0.6 is 0 Å². The number of nitrogens with two attached hydrogens (primary N) is 1. The van der Waals surface area contributed by atoms with Gasteiger partial charge in [0.25, 0.3) is 0 Å². The van der Waals surface area contributed by atoms with E-state index in [1.54, 1.807) is 0 Å². The van der Waals surface area contributed by atoms with Crippen molar-refractivity contribution in [1.82, 2.24) is 10.2 Å². The first-order chi connectivity index (χ1) is 8.08. The smallest absolute Gasteiger partial charge is 0.220 e. The number of hydrogen-bond donors (Lipinski definition) is 2. The zero-order chi connectivity index (χ0) is 12.7. The van der Waals surface area contributed by atoms with Crippen LogP contribution in [0.15, 0.2) is 0 Å². The minimum Gasteiger partial charge on any atom is -0.356 e. The number of hydrogen-bond acceptors (Lipinski definition) is 3. The lowest BCUT2D eigenvalue weighted by Gasteiger charge is -2.20. The van der Waals surface area contributed by atoms with Crippen molar-refractivity contribution in [1.29, 1.82) is 0 Å². The first-order valence-electron chi connectivity index (χ1n) is 6.82. The number of nitrogens with zero attached hydrogens (tertiary/aromatic N) is 1. The standard InChI is InChI=1S/C13H27N3O/c1-11(10-16-7-3-4-8-16)9-15-13(17)6-5-12(2)14/h11-12H,3-10,14H2,1-2H3,(H,15,17). The molecule has 1 aliphatic heterocycles. The first-order valence-corrected chi connectivity index (χ1v) is 6.82. The van der Waals surface area contributed by atoms with Gasteiger partial charge in [-0.25, -0.2) is 0 Å². The second kappa shape index (κ2) is 7.67. The maximum Gasteiger partial charge on any atom is 0.220 e. The molecular formula is C13H27N3O. The summed E-state index contributed by atoms with van der Waals surface area (Å²) in [7, 11) is 0. The SMILES string of the molecule is CC(N)CCC(=O)NCC(C)CN1CCCC1. The van der Waals surface area contributed by atoms with E-state index in [2.05, 4.69) is 17.1 Å². The van der Waals surface area contributed by atoms with Gasteiger partial charge in [0.1, 0.15) is 0 Å². The molecule has 4 heteroatoms. The Bertz CT molecular complexity index is 225. The molecule has 1 aliphatic rings. The van der Waals surface area contributed by atoms with Gasteiger partial charge in [0, 0.05) is 25.6 Å². The van der Waals surface area contributed by atoms with Crippen molar-refractivity contribution in [3.63, 3.8) is 0 Å². The van der Waals surface area contributed by atoms with Crippen molar-refractivity contribution >= 4 is 5.91 Å². The third kappa shape index (κ3) is 6.64. The van der Waals surface area contributed by atoms with Crippen molar-refractivity contribution in [3.8, 4) is 0 Å². The Morgan fingerprint density at radius 2 is 2.00 bits per heavy atom. The van der Waals surface area contributed by atoms with Gasteiger partial charge in [0.05, 0.1) is 0 Å². The fraction of sp³-hybridized carbons (Fsp3) is 0.923. The molecule has 17 heavy (non-hydrogen) atoms. The third-order valence-corrected chi connectivity index (χ3v) is 3.24. The Hall–Kier alpha value is -0.610. The topological polar surface area (TPSA) is 58.4 Å². The van der Waals surface area contributed by atoms with Gasteiger partial charge in [-0.2, -0.15) is 0 Å². The highest BCUT2D eigenvalue weighted by atomic mass is 16.1. The molecule has 0 radical (unpaired) electrons. The molecule has 4 nitrogen and oxygen atoms in total. The summed E-state index contributed by atoms with van der Waals surface area (Å²) in [6.07, 6.45) is 3.97. The van der Waals surface area contributed by atoms with Crippen LogP contribution in [0.4, 0.5) is 0 Å². The van der Waals surface area contributed by atoms with E-state index in [1.165, 1.54) is 25.9 Å². The Kier molecular flexibility index (Phi) is 6.52.